The highest BCUT2D eigenvalue weighted by molar-refractivity contribution is 5.69. The van der Waals surface area contributed by atoms with Gasteiger partial charge in [0.25, 0.3) is 0 Å². The highest BCUT2D eigenvalue weighted by Gasteiger charge is 2.07. The molecule has 0 amide bonds. The van der Waals surface area contributed by atoms with Gasteiger partial charge in [-0.2, -0.15) is 15.5 Å². The lowest BCUT2D eigenvalue weighted by Crippen LogP contribution is -2.02. The Balaban J connectivity index is 2.23. The van der Waals surface area contributed by atoms with Gasteiger partial charge in [-0.3, -0.25) is 0 Å². The lowest BCUT2D eigenvalue weighted by molar-refractivity contribution is 1.16. The summed E-state index contributed by atoms with van der Waals surface area (Å²) in [5.74, 6) is -0.289. The van der Waals surface area contributed by atoms with Crippen LogP contribution in [0.4, 0.5) is 23.1 Å². The lowest BCUT2D eigenvalue weighted by Gasteiger charge is -2.14. The molecule has 0 radical (unpaired) electrons. The van der Waals surface area contributed by atoms with E-state index < -0.39 is 60.3 Å². The molecule has 28 heavy (non-hydrogen) atoms. The molecule has 0 aliphatic heterocycles. The molecule has 0 saturated heterocycles. The Bertz CT molecular complexity index is 1550. The van der Waals surface area contributed by atoms with Gasteiger partial charge in [-0.05, 0) is 78.8 Å². The maximum Gasteiger partial charge on any atom is 0.229 e. The first-order valence-electron chi connectivity index (χ1n) is 13.7. The maximum absolute atomic E-state index is 9.06. The number of hydrogen-bond donors (Lipinski definition) is 2. The number of nitriles is 2. The summed E-state index contributed by atoms with van der Waals surface area (Å²) in [6, 6.07) is 2.59. The zero-order valence-corrected chi connectivity index (χ0v) is 14.1. The minimum atomic E-state index is -3.14. The number of rotatable bonds is 5. The van der Waals surface area contributed by atoms with Crippen LogP contribution in [0, 0.1) is 36.4 Å². The number of aromatic nitrogens is 2. The molecule has 0 spiro atoms. The quantitative estimate of drug-likeness (QED) is 0.607. The van der Waals surface area contributed by atoms with Crippen LogP contribution in [0.25, 0.3) is 6.05 Å². The van der Waals surface area contributed by atoms with E-state index in [1.165, 1.54) is 30.5 Å². The Kier molecular flexibility index (Phi) is 2.63. The first-order valence-corrected chi connectivity index (χ1v) is 7.65. The summed E-state index contributed by atoms with van der Waals surface area (Å²) in [7, 11) is 0. The molecule has 2 aromatic carbocycles. The second-order valence-electron chi connectivity index (χ2n) is 5.15. The average Bonchev–Trinajstić information content (AvgIpc) is 2.81. The minimum Gasteiger partial charge on any atom is -0.340 e. The molecule has 6 nitrogen and oxygen atoms in total. The second-order valence-corrected chi connectivity index (χ2v) is 5.15. The largest absolute Gasteiger partial charge is 0.340 e. The molecule has 2 N–H and O–H groups in total. The van der Waals surface area contributed by atoms with Gasteiger partial charge < -0.3 is 10.6 Å². The molecule has 0 fully saturated rings. The van der Waals surface area contributed by atoms with E-state index >= 15 is 0 Å². The summed E-state index contributed by atoms with van der Waals surface area (Å²) in [6.45, 7) is -6.27. The molecule has 0 unspecified atom stereocenters. The molecule has 1 aromatic heterocycles. The molecular formula is C22H18N6. The van der Waals surface area contributed by atoms with E-state index in [2.05, 4.69) is 20.6 Å². The monoisotopic (exact) mass is 378 g/mol. The smallest absolute Gasteiger partial charge is 0.229 e. The number of anilines is 4. The molecule has 0 bridgehead atoms. The van der Waals surface area contributed by atoms with Crippen LogP contribution >= 0.6 is 0 Å². The maximum atomic E-state index is 9.06. The van der Waals surface area contributed by atoms with Crippen LogP contribution in [0.3, 0.4) is 0 Å². The second kappa shape index (κ2) is 8.48. The van der Waals surface area contributed by atoms with Crippen molar-refractivity contribution in [3.8, 4) is 12.1 Å². The van der Waals surface area contributed by atoms with Crippen molar-refractivity contribution in [2.75, 3.05) is 10.6 Å². The molecule has 0 atom stereocenters. The van der Waals surface area contributed by atoms with E-state index in [0.29, 0.717) is 0 Å². The fraction of sp³-hybridized carbons (Fsp3) is 0.0909. The van der Waals surface area contributed by atoms with Crippen molar-refractivity contribution in [3.05, 3.63) is 76.9 Å². The summed E-state index contributed by atoms with van der Waals surface area (Å²) in [6.07, 6.45) is 1.22. The van der Waals surface area contributed by atoms with Gasteiger partial charge in [-0.25, -0.2) is 4.98 Å². The van der Waals surface area contributed by atoms with Crippen molar-refractivity contribution in [2.45, 2.75) is 13.7 Å². The molecule has 3 aromatic rings. The van der Waals surface area contributed by atoms with Gasteiger partial charge in [0.1, 0.15) is 5.82 Å². The van der Waals surface area contributed by atoms with E-state index in [0.717, 1.165) is 0 Å². The van der Waals surface area contributed by atoms with Crippen molar-refractivity contribution in [2.24, 2.45) is 0 Å². The Morgan fingerprint density at radius 2 is 1.89 bits per heavy atom. The summed E-state index contributed by atoms with van der Waals surface area (Å²) in [5, 5.41) is 23.4. The normalized spacial score (nSPS) is 18.1. The third-order valence-corrected chi connectivity index (χ3v) is 3.26. The molecular weight excluding hydrogens is 348 g/mol. The predicted molar refractivity (Wildman–Crippen MR) is 110 cm³/mol. The van der Waals surface area contributed by atoms with Gasteiger partial charge in [-0.15, -0.1) is 0 Å². The van der Waals surface area contributed by atoms with Crippen LogP contribution in [0.15, 0.2) is 54.6 Å². The minimum absolute atomic E-state index is 0.127. The summed E-state index contributed by atoms with van der Waals surface area (Å²) < 4.78 is 96.2. The van der Waals surface area contributed by atoms with Gasteiger partial charge in [0.15, 0.2) is 0 Å². The summed E-state index contributed by atoms with van der Waals surface area (Å²) in [4.78, 5) is 8.13. The van der Waals surface area contributed by atoms with Gasteiger partial charge in [0.2, 0.25) is 5.95 Å². The number of benzene rings is 2. The van der Waals surface area contributed by atoms with Crippen molar-refractivity contribution in [1.29, 1.82) is 10.5 Å². The van der Waals surface area contributed by atoms with Crippen molar-refractivity contribution < 1.29 is 16.4 Å². The number of hydrogen-bond acceptors (Lipinski definition) is 6. The molecule has 0 aliphatic rings. The molecule has 136 valence electrons. The van der Waals surface area contributed by atoms with Crippen molar-refractivity contribution >= 4 is 29.2 Å². The first-order chi connectivity index (χ1) is 18.5. The van der Waals surface area contributed by atoms with Crippen LogP contribution in [-0.4, -0.2) is 9.97 Å². The number of nitrogens with one attached hydrogen (secondary N) is 2. The fourth-order valence-electron chi connectivity index (χ4n) is 2.07. The fourth-order valence-corrected chi connectivity index (χ4v) is 2.07. The van der Waals surface area contributed by atoms with Gasteiger partial charge in [0.05, 0.1) is 25.9 Å². The van der Waals surface area contributed by atoms with Crippen LogP contribution in [-0.2, 0) is 0 Å². The van der Waals surface area contributed by atoms with E-state index in [9.17, 15) is 0 Å². The standard InChI is InChI=1S/C22H18N6/c1-15-12-18(4-3-10-23)13-16(2)21(15)27-20-9-11-25-22(28-20)26-19-7-5-17(14-24)6-8-19/h3-9,11-13H,1-2H3,(H2,25,26,27,28)/b4-3+/i1D3,2D3,3D,4D,5D,6D,12D,13D. The third-order valence-electron chi connectivity index (χ3n) is 3.26. The van der Waals surface area contributed by atoms with Crippen LogP contribution in [0.2, 0.25) is 0 Å². The van der Waals surface area contributed by atoms with Crippen LogP contribution in [0.5, 0.6) is 0 Å². The molecule has 0 aliphatic carbocycles. The predicted octanol–water partition coefficient (Wildman–Crippen LogP) is 4.99. The van der Waals surface area contributed by atoms with E-state index in [1.54, 1.807) is 6.07 Å². The Morgan fingerprint density at radius 1 is 1.14 bits per heavy atom. The lowest BCUT2D eigenvalue weighted by atomic mass is 10.0. The zero-order valence-electron chi connectivity index (χ0n) is 26.1. The Morgan fingerprint density at radius 3 is 2.54 bits per heavy atom. The summed E-state index contributed by atoms with van der Waals surface area (Å²) in [5.41, 5.74) is -3.13. The first kappa shape index (κ1) is 8.69. The van der Waals surface area contributed by atoms with Crippen LogP contribution < -0.4 is 10.6 Å². The Hall–Kier alpha value is -4.16. The highest BCUT2D eigenvalue weighted by atomic mass is 15.1. The van der Waals surface area contributed by atoms with E-state index in [4.69, 9.17) is 27.0 Å². The highest BCUT2D eigenvalue weighted by Crippen LogP contribution is 2.26. The number of nitrogens with zero attached hydrogens (tertiary/aromatic N) is 4. The zero-order chi connectivity index (χ0) is 30.2. The van der Waals surface area contributed by atoms with Gasteiger partial charge in [0, 0.05) is 31.8 Å². The topological polar surface area (TPSA) is 97.4 Å². The van der Waals surface area contributed by atoms with Gasteiger partial charge >= 0.3 is 0 Å². The molecule has 1 heterocycles. The number of allylic oxidation sites excluding steroid dienone is 1. The van der Waals surface area contributed by atoms with E-state index in [-0.39, 0.29) is 35.1 Å². The van der Waals surface area contributed by atoms with E-state index in [1.807, 2.05) is 0 Å². The SMILES string of the molecule is [2H]/C(C#N)=C(/[2H])c1c([2H])c(C([2H])([2H])[2H])c(Nc2ccnc(Nc3cc([2H])c(C#N)c([2H])c3)n2)c(C([2H])([2H])[2H])c1[2H]. The Labute approximate surface area is 180 Å². The molecule has 6 heteroatoms. The molecule has 3 rings (SSSR count). The van der Waals surface area contributed by atoms with Gasteiger partial charge in [-0.1, -0.05) is 0 Å². The van der Waals surface area contributed by atoms with Crippen molar-refractivity contribution in [1.82, 2.24) is 9.97 Å². The third kappa shape index (κ3) is 4.51. The summed E-state index contributed by atoms with van der Waals surface area (Å²) >= 11 is 0. The van der Waals surface area contributed by atoms with Crippen molar-refractivity contribution in [3.63, 3.8) is 0 Å². The van der Waals surface area contributed by atoms with Crippen LogP contribution in [0.1, 0.15) is 38.7 Å². The average molecular weight is 379 g/mol. The molecule has 0 saturated carbocycles.